The molecule has 2 aliphatic heterocycles. The molecule has 2 N–H and O–H groups in total. The van der Waals surface area contributed by atoms with Crippen LogP contribution in [0.4, 0.5) is 22.0 Å². The summed E-state index contributed by atoms with van der Waals surface area (Å²) in [7, 11) is 1.63. The molecule has 2 aliphatic rings. The van der Waals surface area contributed by atoms with Gasteiger partial charge in [-0.1, -0.05) is 0 Å². The fraction of sp³-hybridized carbons (Fsp3) is 0.391. The number of piperidine rings is 1. The Morgan fingerprint density at radius 2 is 1.62 bits per heavy atom. The molecule has 0 atom stereocenters. The highest BCUT2D eigenvalue weighted by Crippen LogP contribution is 2.41. The summed E-state index contributed by atoms with van der Waals surface area (Å²) in [4.78, 5) is 5.26. The van der Waals surface area contributed by atoms with Gasteiger partial charge >= 0.3 is 0 Å². The standard InChI is InChI=1S/C23H22F5N3O/c1-32-12-2-3-16-14(10-12)13-4-7-29-23(22(13)30-16)5-8-31(9-6-23)11-15-17(24)19(26)21(28)20(27)18(15)25/h2-3,10,29-30H,4-9,11H2,1H3. The Balaban J connectivity index is 1.40. The predicted molar refractivity (Wildman–Crippen MR) is 109 cm³/mol. The second-order valence-electron chi connectivity index (χ2n) is 8.47. The summed E-state index contributed by atoms with van der Waals surface area (Å²) >= 11 is 0. The predicted octanol–water partition coefficient (Wildman–Crippen LogP) is 4.51. The minimum atomic E-state index is -2.13. The van der Waals surface area contributed by atoms with E-state index < -0.39 is 34.6 Å². The first-order valence-corrected chi connectivity index (χ1v) is 10.5. The Morgan fingerprint density at radius 1 is 0.969 bits per heavy atom. The van der Waals surface area contributed by atoms with Crippen LogP contribution in [0.25, 0.3) is 10.9 Å². The molecule has 0 radical (unpaired) electrons. The Kier molecular flexibility index (Phi) is 5.13. The third-order valence-corrected chi connectivity index (χ3v) is 6.82. The maximum atomic E-state index is 14.1. The van der Waals surface area contributed by atoms with Crippen molar-refractivity contribution in [3.05, 3.63) is 64.1 Å². The monoisotopic (exact) mass is 451 g/mol. The number of hydrogen-bond acceptors (Lipinski definition) is 3. The van der Waals surface area contributed by atoms with Crippen molar-refractivity contribution in [3.8, 4) is 5.75 Å². The van der Waals surface area contributed by atoms with Gasteiger partial charge in [-0.05, 0) is 43.0 Å². The summed E-state index contributed by atoms with van der Waals surface area (Å²) in [5, 5.41) is 4.72. The van der Waals surface area contributed by atoms with Crippen molar-refractivity contribution < 1.29 is 26.7 Å². The number of H-pyrrole nitrogens is 1. The minimum Gasteiger partial charge on any atom is -0.497 e. The number of rotatable bonds is 3. The third-order valence-electron chi connectivity index (χ3n) is 6.82. The van der Waals surface area contributed by atoms with Crippen molar-refractivity contribution >= 4 is 10.9 Å². The Hall–Kier alpha value is -2.65. The zero-order valence-corrected chi connectivity index (χ0v) is 17.4. The SMILES string of the molecule is COc1ccc2[nH]c3c(c2c1)CCNC31CCN(Cc2c(F)c(F)c(F)c(F)c2F)CC1. The van der Waals surface area contributed by atoms with Crippen LogP contribution in [0.3, 0.4) is 0 Å². The molecule has 0 saturated carbocycles. The van der Waals surface area contributed by atoms with Crippen LogP contribution in [0.1, 0.15) is 29.7 Å². The second kappa shape index (κ2) is 7.74. The molecule has 1 aromatic heterocycles. The topological polar surface area (TPSA) is 40.3 Å². The molecule has 2 aromatic carbocycles. The van der Waals surface area contributed by atoms with E-state index in [1.54, 1.807) is 12.0 Å². The minimum absolute atomic E-state index is 0.327. The number of halogens is 5. The van der Waals surface area contributed by atoms with E-state index in [0.717, 1.165) is 35.3 Å². The quantitative estimate of drug-likeness (QED) is 0.350. The number of hydrogen-bond donors (Lipinski definition) is 2. The van der Waals surface area contributed by atoms with Crippen LogP contribution in [0, 0.1) is 29.1 Å². The van der Waals surface area contributed by atoms with Crippen LogP contribution in [-0.4, -0.2) is 36.6 Å². The average molecular weight is 451 g/mol. The highest BCUT2D eigenvalue weighted by Gasteiger charge is 2.41. The first kappa shape index (κ1) is 21.2. The molecule has 3 heterocycles. The lowest BCUT2D eigenvalue weighted by Gasteiger charge is -2.45. The molecule has 170 valence electrons. The van der Waals surface area contributed by atoms with Crippen molar-refractivity contribution in [3.63, 3.8) is 0 Å². The molecule has 0 aliphatic carbocycles. The molecule has 9 heteroatoms. The summed E-state index contributed by atoms with van der Waals surface area (Å²) in [5.41, 5.74) is 2.23. The van der Waals surface area contributed by atoms with Gasteiger partial charge in [0.15, 0.2) is 23.3 Å². The van der Waals surface area contributed by atoms with Crippen molar-refractivity contribution in [1.29, 1.82) is 0 Å². The van der Waals surface area contributed by atoms with Gasteiger partial charge in [0, 0.05) is 48.3 Å². The lowest BCUT2D eigenvalue weighted by molar-refractivity contribution is 0.118. The lowest BCUT2D eigenvalue weighted by Crippen LogP contribution is -2.54. The smallest absolute Gasteiger partial charge is 0.200 e. The first-order chi connectivity index (χ1) is 15.3. The number of ether oxygens (including phenoxy) is 1. The Bertz CT molecular complexity index is 1170. The normalized spacial score (nSPS) is 18.3. The van der Waals surface area contributed by atoms with Crippen molar-refractivity contribution in [1.82, 2.24) is 15.2 Å². The van der Waals surface area contributed by atoms with Gasteiger partial charge in [0.1, 0.15) is 5.75 Å². The lowest BCUT2D eigenvalue weighted by atomic mass is 9.79. The van der Waals surface area contributed by atoms with Crippen LogP contribution in [0.5, 0.6) is 5.75 Å². The van der Waals surface area contributed by atoms with Gasteiger partial charge in [0.2, 0.25) is 5.82 Å². The van der Waals surface area contributed by atoms with E-state index in [-0.39, 0.29) is 12.1 Å². The summed E-state index contributed by atoms with van der Waals surface area (Å²) in [5.74, 6) is -8.67. The largest absolute Gasteiger partial charge is 0.497 e. The third kappa shape index (κ3) is 3.17. The van der Waals surface area contributed by atoms with E-state index in [9.17, 15) is 22.0 Å². The highest BCUT2D eigenvalue weighted by molar-refractivity contribution is 5.86. The Morgan fingerprint density at radius 3 is 2.28 bits per heavy atom. The number of nitrogens with one attached hydrogen (secondary N) is 2. The van der Waals surface area contributed by atoms with Crippen LogP contribution in [0.15, 0.2) is 18.2 Å². The molecule has 0 bridgehead atoms. The molecule has 1 saturated heterocycles. The molecule has 32 heavy (non-hydrogen) atoms. The van der Waals surface area contributed by atoms with E-state index in [1.165, 1.54) is 5.56 Å². The van der Waals surface area contributed by atoms with Gasteiger partial charge < -0.3 is 15.0 Å². The zero-order valence-electron chi connectivity index (χ0n) is 17.4. The molecule has 4 nitrogen and oxygen atoms in total. The van der Waals surface area contributed by atoms with Crippen molar-refractivity contribution in [2.45, 2.75) is 31.3 Å². The van der Waals surface area contributed by atoms with Gasteiger partial charge in [-0.2, -0.15) is 0 Å². The number of methoxy groups -OCH3 is 1. The van der Waals surface area contributed by atoms with E-state index in [0.29, 0.717) is 25.9 Å². The van der Waals surface area contributed by atoms with Gasteiger partial charge in [-0.15, -0.1) is 0 Å². The van der Waals surface area contributed by atoms with Crippen molar-refractivity contribution in [2.75, 3.05) is 26.7 Å². The molecule has 5 rings (SSSR count). The molecular weight excluding hydrogens is 429 g/mol. The van der Waals surface area contributed by atoms with E-state index in [2.05, 4.69) is 10.3 Å². The highest BCUT2D eigenvalue weighted by atomic mass is 19.2. The van der Waals surface area contributed by atoms with Gasteiger partial charge in [-0.25, -0.2) is 22.0 Å². The van der Waals surface area contributed by atoms with Crippen LogP contribution in [-0.2, 0) is 18.5 Å². The second-order valence-corrected chi connectivity index (χ2v) is 8.47. The Labute approximate surface area is 181 Å². The summed E-state index contributed by atoms with van der Waals surface area (Å²) in [6.45, 7) is 1.35. The summed E-state index contributed by atoms with van der Waals surface area (Å²) in [6, 6.07) is 5.90. The number of nitrogens with zero attached hydrogens (tertiary/aromatic N) is 1. The van der Waals surface area contributed by atoms with E-state index >= 15 is 0 Å². The number of benzene rings is 2. The molecule has 1 fully saturated rings. The van der Waals surface area contributed by atoms with Gasteiger partial charge in [-0.3, -0.25) is 4.90 Å². The summed E-state index contributed by atoms with van der Waals surface area (Å²) in [6.07, 6.45) is 2.14. The first-order valence-electron chi connectivity index (χ1n) is 10.5. The molecule has 0 unspecified atom stereocenters. The molecule has 3 aromatic rings. The van der Waals surface area contributed by atoms with E-state index in [1.807, 2.05) is 18.2 Å². The average Bonchev–Trinajstić information content (AvgIpc) is 3.20. The van der Waals surface area contributed by atoms with Crippen molar-refractivity contribution in [2.24, 2.45) is 0 Å². The van der Waals surface area contributed by atoms with Crippen LogP contribution < -0.4 is 10.1 Å². The fourth-order valence-corrected chi connectivity index (χ4v) is 5.07. The van der Waals surface area contributed by atoms with Crippen LogP contribution in [0.2, 0.25) is 0 Å². The van der Waals surface area contributed by atoms with Crippen LogP contribution >= 0.6 is 0 Å². The van der Waals surface area contributed by atoms with E-state index in [4.69, 9.17) is 4.74 Å². The summed E-state index contributed by atoms with van der Waals surface area (Å²) < 4.78 is 74.0. The number of fused-ring (bicyclic) bond motifs is 4. The maximum Gasteiger partial charge on any atom is 0.200 e. The molecular formula is C23H22F5N3O. The number of aromatic amines is 1. The van der Waals surface area contributed by atoms with Gasteiger partial charge in [0.25, 0.3) is 0 Å². The molecule has 0 amide bonds. The number of likely N-dealkylation sites (tertiary alicyclic amines) is 1. The molecule has 1 spiro atoms. The van der Waals surface area contributed by atoms with Gasteiger partial charge in [0.05, 0.1) is 12.6 Å². The number of aromatic nitrogens is 1. The zero-order chi connectivity index (χ0) is 22.6. The fourth-order valence-electron chi connectivity index (χ4n) is 5.07. The maximum absolute atomic E-state index is 14.1.